The third-order valence-corrected chi connectivity index (χ3v) is 3.54. The van der Waals surface area contributed by atoms with E-state index in [0.29, 0.717) is 17.1 Å². The predicted octanol–water partition coefficient (Wildman–Crippen LogP) is 3.54. The molecule has 0 aliphatic heterocycles. The van der Waals surface area contributed by atoms with Gasteiger partial charge in [-0.25, -0.2) is 9.67 Å². The zero-order valence-corrected chi connectivity index (χ0v) is 13.3. The van der Waals surface area contributed by atoms with Crippen LogP contribution in [0, 0.1) is 6.92 Å². The van der Waals surface area contributed by atoms with Gasteiger partial charge in [0.05, 0.1) is 6.54 Å². The van der Waals surface area contributed by atoms with Crippen LogP contribution in [0.3, 0.4) is 0 Å². The number of anilines is 1. The van der Waals surface area contributed by atoms with Crippen molar-refractivity contribution in [1.29, 1.82) is 0 Å². The number of hydrogen-bond donors (Lipinski definition) is 1. The Morgan fingerprint density at radius 3 is 2.74 bits per heavy atom. The Morgan fingerprint density at radius 2 is 2.00 bits per heavy atom. The van der Waals surface area contributed by atoms with Crippen molar-refractivity contribution < 1.29 is 4.79 Å². The summed E-state index contributed by atoms with van der Waals surface area (Å²) >= 11 is 5.96. The second kappa shape index (κ2) is 6.62. The van der Waals surface area contributed by atoms with Crippen molar-refractivity contribution in [2.45, 2.75) is 13.5 Å². The maximum absolute atomic E-state index is 12.1. The first-order chi connectivity index (χ1) is 11.1. The van der Waals surface area contributed by atoms with Gasteiger partial charge in [0.25, 0.3) is 5.91 Å². The van der Waals surface area contributed by atoms with Crippen LogP contribution in [0.5, 0.6) is 0 Å². The van der Waals surface area contributed by atoms with E-state index in [-0.39, 0.29) is 11.9 Å². The highest BCUT2D eigenvalue weighted by Gasteiger charge is 2.09. The van der Waals surface area contributed by atoms with Crippen molar-refractivity contribution in [3.63, 3.8) is 0 Å². The van der Waals surface area contributed by atoms with Crippen LogP contribution in [-0.2, 0) is 6.54 Å². The third kappa shape index (κ3) is 3.96. The van der Waals surface area contributed by atoms with Crippen LogP contribution in [0.4, 0.5) is 5.95 Å². The molecule has 0 radical (unpaired) electrons. The fourth-order valence-corrected chi connectivity index (χ4v) is 2.34. The van der Waals surface area contributed by atoms with Crippen molar-refractivity contribution in [2.75, 3.05) is 5.32 Å². The van der Waals surface area contributed by atoms with Crippen LogP contribution in [-0.4, -0.2) is 20.7 Å². The minimum absolute atomic E-state index is 0.231. The molecule has 5 nitrogen and oxygen atoms in total. The van der Waals surface area contributed by atoms with Gasteiger partial charge in [0.2, 0.25) is 5.95 Å². The van der Waals surface area contributed by atoms with Gasteiger partial charge in [-0.3, -0.25) is 10.1 Å². The number of nitrogens with zero attached hydrogens (tertiary/aromatic N) is 3. The number of nitrogens with one attached hydrogen (secondary N) is 1. The van der Waals surface area contributed by atoms with E-state index in [9.17, 15) is 4.79 Å². The fourth-order valence-electron chi connectivity index (χ4n) is 2.13. The van der Waals surface area contributed by atoms with E-state index in [1.807, 2.05) is 43.3 Å². The number of halogens is 1. The van der Waals surface area contributed by atoms with Gasteiger partial charge in [-0.2, -0.15) is 0 Å². The third-order valence-electron chi connectivity index (χ3n) is 3.31. The molecule has 0 bridgehead atoms. The number of hydrogen-bond acceptors (Lipinski definition) is 3. The number of amides is 1. The number of rotatable bonds is 4. The summed E-state index contributed by atoms with van der Waals surface area (Å²) in [6, 6.07) is 14.8. The molecule has 6 heteroatoms. The molecule has 1 aromatic heterocycles. The smallest absolute Gasteiger partial charge is 0.258 e. The quantitative estimate of drug-likeness (QED) is 0.797. The number of carbonyl (C=O) groups is 1. The van der Waals surface area contributed by atoms with E-state index in [2.05, 4.69) is 15.4 Å². The SMILES string of the molecule is Cc1ccc(C(=O)Nc2ncn(Cc3cccc(Cl)c3)n2)cc1. The van der Waals surface area contributed by atoms with E-state index in [1.165, 1.54) is 0 Å². The highest BCUT2D eigenvalue weighted by molar-refractivity contribution is 6.30. The Hall–Kier alpha value is -2.66. The Morgan fingerprint density at radius 1 is 1.22 bits per heavy atom. The summed E-state index contributed by atoms with van der Waals surface area (Å²) in [5, 5.41) is 7.61. The van der Waals surface area contributed by atoms with Gasteiger partial charge in [0.1, 0.15) is 6.33 Å². The molecule has 116 valence electrons. The lowest BCUT2D eigenvalue weighted by molar-refractivity contribution is 0.102. The summed E-state index contributed by atoms with van der Waals surface area (Å²) in [5.74, 6) is 0.0445. The highest BCUT2D eigenvalue weighted by atomic mass is 35.5. The van der Waals surface area contributed by atoms with Crippen LogP contribution in [0.15, 0.2) is 54.9 Å². The minimum atomic E-state index is -0.231. The van der Waals surface area contributed by atoms with Crippen molar-refractivity contribution in [1.82, 2.24) is 14.8 Å². The molecule has 1 amide bonds. The van der Waals surface area contributed by atoms with Crippen LogP contribution >= 0.6 is 11.6 Å². The molecule has 1 heterocycles. The normalized spacial score (nSPS) is 10.5. The van der Waals surface area contributed by atoms with Crippen molar-refractivity contribution in [2.24, 2.45) is 0 Å². The Kier molecular flexibility index (Phi) is 4.39. The van der Waals surface area contributed by atoms with Crippen molar-refractivity contribution >= 4 is 23.5 Å². The Labute approximate surface area is 138 Å². The van der Waals surface area contributed by atoms with E-state index < -0.39 is 0 Å². The van der Waals surface area contributed by atoms with Crippen LogP contribution < -0.4 is 5.32 Å². The topological polar surface area (TPSA) is 59.8 Å². The molecule has 0 aliphatic rings. The lowest BCUT2D eigenvalue weighted by Crippen LogP contribution is -2.13. The second-order valence-electron chi connectivity index (χ2n) is 5.22. The molecule has 0 spiro atoms. The minimum Gasteiger partial charge on any atom is -0.289 e. The number of aromatic nitrogens is 3. The van der Waals surface area contributed by atoms with Crippen LogP contribution in [0.2, 0.25) is 5.02 Å². The molecule has 3 aromatic rings. The first kappa shape index (κ1) is 15.2. The molecule has 0 aliphatic carbocycles. The van der Waals surface area contributed by atoms with Gasteiger partial charge < -0.3 is 0 Å². The molecule has 2 aromatic carbocycles. The zero-order valence-electron chi connectivity index (χ0n) is 12.5. The monoisotopic (exact) mass is 326 g/mol. The number of carbonyl (C=O) groups excluding carboxylic acids is 1. The van der Waals surface area contributed by atoms with E-state index in [1.54, 1.807) is 23.1 Å². The lowest BCUT2D eigenvalue weighted by atomic mass is 10.1. The largest absolute Gasteiger partial charge is 0.289 e. The van der Waals surface area contributed by atoms with E-state index in [4.69, 9.17) is 11.6 Å². The van der Waals surface area contributed by atoms with Gasteiger partial charge in [-0.15, -0.1) is 5.10 Å². The molecular formula is C17H15ClN4O. The summed E-state index contributed by atoms with van der Waals surface area (Å²) in [6.45, 7) is 2.51. The summed E-state index contributed by atoms with van der Waals surface area (Å²) in [4.78, 5) is 16.2. The van der Waals surface area contributed by atoms with E-state index in [0.717, 1.165) is 11.1 Å². The molecule has 0 fully saturated rings. The van der Waals surface area contributed by atoms with Crippen molar-refractivity contribution in [3.8, 4) is 0 Å². The van der Waals surface area contributed by atoms with Crippen molar-refractivity contribution in [3.05, 3.63) is 76.6 Å². The molecule has 23 heavy (non-hydrogen) atoms. The molecule has 0 saturated heterocycles. The summed E-state index contributed by atoms with van der Waals surface area (Å²) in [5.41, 5.74) is 2.69. The van der Waals surface area contributed by atoms with Crippen LogP contribution in [0.25, 0.3) is 0 Å². The average molecular weight is 327 g/mol. The fraction of sp³-hybridized carbons (Fsp3) is 0.118. The van der Waals surface area contributed by atoms with Gasteiger partial charge in [-0.1, -0.05) is 41.4 Å². The molecule has 0 saturated carbocycles. The second-order valence-corrected chi connectivity index (χ2v) is 5.65. The van der Waals surface area contributed by atoms with Gasteiger partial charge >= 0.3 is 0 Å². The number of benzene rings is 2. The summed E-state index contributed by atoms with van der Waals surface area (Å²) in [7, 11) is 0. The van der Waals surface area contributed by atoms with Gasteiger partial charge in [-0.05, 0) is 36.8 Å². The molecule has 0 unspecified atom stereocenters. The standard InChI is InChI=1S/C17H15ClN4O/c1-12-5-7-14(8-6-12)16(23)20-17-19-11-22(21-17)10-13-3-2-4-15(18)9-13/h2-9,11H,10H2,1H3,(H,20,21,23). The number of aryl methyl sites for hydroxylation is 1. The van der Waals surface area contributed by atoms with E-state index >= 15 is 0 Å². The molecule has 0 atom stereocenters. The van der Waals surface area contributed by atoms with Gasteiger partial charge in [0.15, 0.2) is 0 Å². The maximum atomic E-state index is 12.1. The zero-order chi connectivity index (χ0) is 16.2. The summed E-state index contributed by atoms with van der Waals surface area (Å²) < 4.78 is 1.65. The summed E-state index contributed by atoms with van der Waals surface area (Å²) in [6.07, 6.45) is 1.58. The average Bonchev–Trinajstić information content (AvgIpc) is 2.95. The Bertz CT molecular complexity index is 827. The van der Waals surface area contributed by atoms with Gasteiger partial charge in [0, 0.05) is 10.6 Å². The molecule has 3 rings (SSSR count). The molecular weight excluding hydrogens is 312 g/mol. The first-order valence-electron chi connectivity index (χ1n) is 7.12. The maximum Gasteiger partial charge on any atom is 0.258 e. The lowest BCUT2D eigenvalue weighted by Gasteiger charge is -2.02. The van der Waals surface area contributed by atoms with Crippen LogP contribution in [0.1, 0.15) is 21.5 Å². The Balaban J connectivity index is 1.67. The predicted molar refractivity (Wildman–Crippen MR) is 89.7 cm³/mol. The molecule has 1 N–H and O–H groups in total. The first-order valence-corrected chi connectivity index (χ1v) is 7.50. The highest BCUT2D eigenvalue weighted by Crippen LogP contribution is 2.12.